The number of rotatable bonds is 6. The number of ether oxygens (including phenoxy) is 1. The highest BCUT2D eigenvalue weighted by atomic mass is 32.1. The van der Waals surface area contributed by atoms with Crippen LogP contribution >= 0.6 is 11.3 Å². The Labute approximate surface area is 194 Å². The van der Waals surface area contributed by atoms with Crippen molar-refractivity contribution in [1.82, 2.24) is 9.55 Å². The Morgan fingerprint density at radius 1 is 1.15 bits per heavy atom. The van der Waals surface area contributed by atoms with E-state index in [-0.39, 0.29) is 0 Å². The molecule has 0 radical (unpaired) electrons. The van der Waals surface area contributed by atoms with Crippen LogP contribution in [0.4, 0.5) is 5.82 Å². The van der Waals surface area contributed by atoms with Gasteiger partial charge in [0, 0.05) is 17.5 Å². The predicted octanol–water partition coefficient (Wildman–Crippen LogP) is 4.77. The van der Waals surface area contributed by atoms with Crippen molar-refractivity contribution in [1.29, 1.82) is 5.26 Å². The number of aromatic nitrogens is 2. The third-order valence-electron chi connectivity index (χ3n) is 5.12. The fourth-order valence-electron chi connectivity index (χ4n) is 3.41. The van der Waals surface area contributed by atoms with Crippen LogP contribution in [0, 0.1) is 25.2 Å². The van der Waals surface area contributed by atoms with Gasteiger partial charge in [-0.3, -0.25) is 9.36 Å². The van der Waals surface area contributed by atoms with Crippen LogP contribution in [0.5, 0.6) is 0 Å². The third-order valence-corrected chi connectivity index (χ3v) is 6.12. The number of nitrogens with zero attached hydrogens (tertiary/aromatic N) is 3. The molecule has 0 atom stereocenters. The maximum Gasteiger partial charge on any atom is 0.331 e. The highest BCUT2D eigenvalue weighted by molar-refractivity contribution is 7.19. The number of benzene rings is 2. The number of carbonyl (C=O) groups excluding carboxylic acids is 2. The lowest BCUT2D eigenvalue weighted by molar-refractivity contribution is -0.142. The third kappa shape index (κ3) is 4.68. The first-order valence-electron chi connectivity index (χ1n) is 10.2. The van der Waals surface area contributed by atoms with Gasteiger partial charge in [0.1, 0.15) is 16.9 Å². The standard InChI is InChI=1S/C25H20N4O3S/c1-16-17(2)29(18-8-4-3-5-9-18)25(19(16)14-26)28-22(30)15-32-24(31)13-12-23-27-20-10-6-7-11-21(20)33-23/h3-13H,15H2,1-2H3,(H,28,30)/b13-12+. The molecule has 2 aromatic carbocycles. The van der Waals surface area contributed by atoms with Crippen LogP contribution in [-0.4, -0.2) is 28.0 Å². The summed E-state index contributed by atoms with van der Waals surface area (Å²) in [6.07, 6.45) is 2.80. The molecule has 4 aromatic rings. The molecule has 0 fully saturated rings. The molecule has 8 heteroatoms. The summed E-state index contributed by atoms with van der Waals surface area (Å²) in [5.74, 6) is -0.844. The van der Waals surface area contributed by atoms with E-state index < -0.39 is 18.5 Å². The molecule has 0 bridgehead atoms. The van der Waals surface area contributed by atoms with Crippen LogP contribution in [0.2, 0.25) is 0 Å². The molecule has 0 aliphatic heterocycles. The van der Waals surface area contributed by atoms with Gasteiger partial charge in [-0.1, -0.05) is 30.3 Å². The summed E-state index contributed by atoms with van der Waals surface area (Å²) in [5, 5.41) is 13.0. The monoisotopic (exact) mass is 456 g/mol. The van der Waals surface area contributed by atoms with Crippen molar-refractivity contribution in [2.24, 2.45) is 0 Å². The highest BCUT2D eigenvalue weighted by Gasteiger charge is 2.21. The van der Waals surface area contributed by atoms with Crippen LogP contribution in [0.3, 0.4) is 0 Å². The molecule has 0 saturated heterocycles. The highest BCUT2D eigenvalue weighted by Crippen LogP contribution is 2.30. The Morgan fingerprint density at radius 3 is 2.61 bits per heavy atom. The van der Waals surface area contributed by atoms with Crippen molar-refractivity contribution in [3.05, 3.63) is 82.5 Å². The van der Waals surface area contributed by atoms with Crippen LogP contribution in [0.15, 0.2) is 60.7 Å². The molecule has 164 valence electrons. The van der Waals surface area contributed by atoms with Crippen LogP contribution in [0.1, 0.15) is 21.8 Å². The van der Waals surface area contributed by atoms with Gasteiger partial charge < -0.3 is 10.1 Å². The van der Waals surface area contributed by atoms with E-state index in [1.54, 1.807) is 10.6 Å². The molecule has 33 heavy (non-hydrogen) atoms. The lowest BCUT2D eigenvalue weighted by Gasteiger charge is -2.13. The zero-order chi connectivity index (χ0) is 23.4. The number of carbonyl (C=O) groups is 2. The average Bonchev–Trinajstić information content (AvgIpc) is 3.35. The van der Waals surface area contributed by atoms with Gasteiger partial charge >= 0.3 is 5.97 Å². The Kier molecular flexibility index (Phi) is 6.33. The van der Waals surface area contributed by atoms with E-state index in [9.17, 15) is 14.9 Å². The summed E-state index contributed by atoms with van der Waals surface area (Å²) in [6.45, 7) is 3.23. The maximum absolute atomic E-state index is 12.5. The zero-order valence-corrected chi connectivity index (χ0v) is 18.8. The smallest absolute Gasteiger partial charge is 0.331 e. The fourth-order valence-corrected chi connectivity index (χ4v) is 4.28. The van der Waals surface area contributed by atoms with Gasteiger partial charge in [0.15, 0.2) is 6.61 Å². The fraction of sp³-hybridized carbons (Fsp3) is 0.120. The summed E-state index contributed by atoms with van der Waals surface area (Å²) in [6, 6.07) is 19.2. The molecular formula is C25H20N4O3S. The second-order valence-corrected chi connectivity index (χ2v) is 8.29. The first-order valence-corrected chi connectivity index (χ1v) is 11.0. The largest absolute Gasteiger partial charge is 0.452 e. The minimum atomic E-state index is -0.657. The lowest BCUT2D eigenvalue weighted by Crippen LogP contribution is -2.22. The summed E-state index contributed by atoms with van der Waals surface area (Å²) in [5.41, 5.74) is 3.64. The van der Waals surface area contributed by atoms with Crippen molar-refractivity contribution >= 4 is 45.3 Å². The topological polar surface area (TPSA) is 97.0 Å². The number of hydrogen-bond acceptors (Lipinski definition) is 6. The normalized spacial score (nSPS) is 10.9. The van der Waals surface area contributed by atoms with Crippen molar-refractivity contribution in [2.75, 3.05) is 11.9 Å². The number of anilines is 1. The summed E-state index contributed by atoms with van der Waals surface area (Å²) in [4.78, 5) is 29.0. The van der Waals surface area contributed by atoms with Crippen molar-refractivity contribution in [2.45, 2.75) is 13.8 Å². The molecule has 1 amide bonds. The molecule has 2 heterocycles. The van der Waals surface area contributed by atoms with E-state index in [2.05, 4.69) is 16.4 Å². The van der Waals surface area contributed by atoms with E-state index in [0.29, 0.717) is 16.4 Å². The Hall–Kier alpha value is -4.22. The van der Waals surface area contributed by atoms with E-state index >= 15 is 0 Å². The lowest BCUT2D eigenvalue weighted by atomic mass is 10.2. The maximum atomic E-state index is 12.5. The van der Waals surface area contributed by atoms with Crippen LogP contribution in [-0.2, 0) is 14.3 Å². The number of para-hydroxylation sites is 2. The second-order valence-electron chi connectivity index (χ2n) is 7.23. The van der Waals surface area contributed by atoms with E-state index in [1.807, 2.05) is 68.4 Å². The second kappa shape index (κ2) is 9.51. The average molecular weight is 457 g/mol. The number of esters is 1. The molecular weight excluding hydrogens is 436 g/mol. The predicted molar refractivity (Wildman–Crippen MR) is 128 cm³/mol. The van der Waals surface area contributed by atoms with Gasteiger partial charge in [-0.25, -0.2) is 9.78 Å². The van der Waals surface area contributed by atoms with E-state index in [1.165, 1.54) is 17.4 Å². The van der Waals surface area contributed by atoms with Gasteiger partial charge in [-0.05, 0) is 49.8 Å². The first kappa shape index (κ1) is 22.0. The number of hydrogen-bond donors (Lipinski definition) is 1. The minimum absolute atomic E-state index is 0.352. The van der Waals surface area contributed by atoms with E-state index in [4.69, 9.17) is 4.74 Å². The van der Waals surface area contributed by atoms with Crippen molar-refractivity contribution in [3.63, 3.8) is 0 Å². The molecule has 1 N–H and O–H groups in total. The minimum Gasteiger partial charge on any atom is -0.452 e. The van der Waals surface area contributed by atoms with Crippen LogP contribution < -0.4 is 5.32 Å². The Morgan fingerprint density at radius 2 is 1.88 bits per heavy atom. The number of fused-ring (bicyclic) bond motifs is 1. The van der Waals surface area contributed by atoms with Gasteiger partial charge in [0.05, 0.1) is 15.8 Å². The number of thiazole rings is 1. The van der Waals surface area contributed by atoms with Gasteiger partial charge in [0.25, 0.3) is 5.91 Å². The SMILES string of the molecule is Cc1c(C#N)c(NC(=O)COC(=O)/C=C/c2nc3ccccc3s2)n(-c2ccccc2)c1C. The molecule has 7 nitrogen and oxygen atoms in total. The van der Waals surface area contributed by atoms with E-state index in [0.717, 1.165) is 27.2 Å². The van der Waals surface area contributed by atoms with Gasteiger partial charge in [0.2, 0.25) is 0 Å². The zero-order valence-electron chi connectivity index (χ0n) is 18.0. The van der Waals surface area contributed by atoms with Crippen molar-refractivity contribution < 1.29 is 14.3 Å². The molecule has 0 spiro atoms. The summed E-state index contributed by atoms with van der Waals surface area (Å²) in [7, 11) is 0. The summed E-state index contributed by atoms with van der Waals surface area (Å²) < 4.78 is 7.90. The quantitative estimate of drug-likeness (QED) is 0.333. The first-order chi connectivity index (χ1) is 16.0. The molecule has 0 aliphatic carbocycles. The van der Waals surface area contributed by atoms with Gasteiger partial charge in [-0.2, -0.15) is 5.26 Å². The molecule has 0 saturated carbocycles. The van der Waals surface area contributed by atoms with Crippen molar-refractivity contribution in [3.8, 4) is 11.8 Å². The Bertz CT molecular complexity index is 1380. The number of amides is 1. The summed E-state index contributed by atoms with van der Waals surface area (Å²) >= 11 is 1.45. The molecule has 2 aromatic heterocycles. The number of nitrogens with one attached hydrogen (secondary N) is 1. The van der Waals surface area contributed by atoms with Crippen LogP contribution in [0.25, 0.3) is 22.0 Å². The molecule has 4 rings (SSSR count). The Balaban J connectivity index is 1.44. The molecule has 0 unspecified atom stereocenters. The van der Waals surface area contributed by atoms with Gasteiger partial charge in [-0.15, -0.1) is 11.3 Å². The molecule has 0 aliphatic rings. The number of nitriles is 1.